The number of fused-ring (bicyclic) bond motifs is 1. The lowest BCUT2D eigenvalue weighted by atomic mass is 10.1. The van der Waals surface area contributed by atoms with E-state index >= 15 is 0 Å². The minimum Gasteiger partial charge on any atom is -0.371 e. The number of benzene rings is 1. The standard InChI is InChI=1S/C14H21N3/c1-12(10-15-2)11-17-9-8-16(3)13-6-4-5-7-14(13)17/h4-7,15H,1,8-11H2,2-3H3. The molecular weight excluding hydrogens is 210 g/mol. The van der Waals surface area contributed by atoms with Crippen molar-refractivity contribution in [3.63, 3.8) is 0 Å². The summed E-state index contributed by atoms with van der Waals surface area (Å²) in [5.74, 6) is 0. The van der Waals surface area contributed by atoms with E-state index in [4.69, 9.17) is 0 Å². The van der Waals surface area contributed by atoms with Gasteiger partial charge in [-0.05, 0) is 24.8 Å². The van der Waals surface area contributed by atoms with Crippen LogP contribution in [0.15, 0.2) is 36.4 Å². The van der Waals surface area contributed by atoms with Crippen molar-refractivity contribution in [1.29, 1.82) is 0 Å². The van der Waals surface area contributed by atoms with E-state index in [2.05, 4.69) is 53.0 Å². The third-order valence-electron chi connectivity index (χ3n) is 3.18. The molecule has 0 saturated heterocycles. The van der Waals surface area contributed by atoms with Crippen LogP contribution in [0.5, 0.6) is 0 Å². The number of nitrogens with zero attached hydrogens (tertiary/aromatic N) is 2. The largest absolute Gasteiger partial charge is 0.371 e. The highest BCUT2D eigenvalue weighted by Crippen LogP contribution is 2.31. The molecule has 17 heavy (non-hydrogen) atoms. The predicted molar refractivity (Wildman–Crippen MR) is 75.0 cm³/mol. The van der Waals surface area contributed by atoms with Crippen molar-refractivity contribution in [3.8, 4) is 0 Å². The molecule has 3 nitrogen and oxygen atoms in total. The Kier molecular flexibility index (Phi) is 3.69. The molecule has 1 aromatic carbocycles. The van der Waals surface area contributed by atoms with Crippen molar-refractivity contribution in [2.24, 2.45) is 0 Å². The van der Waals surface area contributed by atoms with Crippen molar-refractivity contribution < 1.29 is 0 Å². The van der Waals surface area contributed by atoms with E-state index in [1.54, 1.807) is 0 Å². The first kappa shape index (κ1) is 12.0. The van der Waals surface area contributed by atoms with Crippen molar-refractivity contribution in [2.75, 3.05) is 50.1 Å². The van der Waals surface area contributed by atoms with Gasteiger partial charge in [0.1, 0.15) is 0 Å². The van der Waals surface area contributed by atoms with Crippen molar-refractivity contribution in [3.05, 3.63) is 36.4 Å². The molecule has 0 fully saturated rings. The molecule has 2 rings (SSSR count). The summed E-state index contributed by atoms with van der Waals surface area (Å²) < 4.78 is 0. The maximum Gasteiger partial charge on any atom is 0.0607 e. The van der Waals surface area contributed by atoms with Gasteiger partial charge >= 0.3 is 0 Å². The molecule has 1 aliphatic heterocycles. The van der Waals surface area contributed by atoms with Crippen LogP contribution in [0.3, 0.4) is 0 Å². The highest BCUT2D eigenvalue weighted by Gasteiger charge is 2.19. The van der Waals surface area contributed by atoms with Crippen molar-refractivity contribution in [1.82, 2.24) is 5.32 Å². The molecule has 1 N–H and O–H groups in total. The highest BCUT2D eigenvalue weighted by atomic mass is 15.2. The quantitative estimate of drug-likeness (QED) is 0.796. The zero-order valence-electron chi connectivity index (χ0n) is 10.7. The van der Waals surface area contributed by atoms with Crippen LogP contribution in [0.4, 0.5) is 11.4 Å². The van der Waals surface area contributed by atoms with Gasteiger partial charge in [0.25, 0.3) is 0 Å². The van der Waals surface area contributed by atoms with Gasteiger partial charge in [0.2, 0.25) is 0 Å². The van der Waals surface area contributed by atoms with Crippen LogP contribution in [-0.4, -0.2) is 40.3 Å². The molecule has 0 aliphatic carbocycles. The summed E-state index contributed by atoms with van der Waals surface area (Å²) in [4.78, 5) is 4.72. The monoisotopic (exact) mass is 231 g/mol. The maximum atomic E-state index is 4.11. The Labute approximate surface area is 104 Å². The van der Waals surface area contributed by atoms with Crippen LogP contribution >= 0.6 is 0 Å². The third-order valence-corrected chi connectivity index (χ3v) is 3.18. The minimum atomic E-state index is 0.883. The number of likely N-dealkylation sites (N-methyl/N-ethyl adjacent to an activating group) is 2. The summed E-state index contributed by atoms with van der Waals surface area (Å²) in [6.07, 6.45) is 0. The summed E-state index contributed by atoms with van der Waals surface area (Å²) in [6.45, 7) is 8.07. The zero-order chi connectivity index (χ0) is 12.3. The fourth-order valence-corrected chi connectivity index (χ4v) is 2.31. The number of hydrogen-bond acceptors (Lipinski definition) is 3. The van der Waals surface area contributed by atoms with Crippen molar-refractivity contribution in [2.45, 2.75) is 0 Å². The Bertz CT molecular complexity index is 400. The lowest BCUT2D eigenvalue weighted by molar-refractivity contribution is 0.744. The second-order valence-corrected chi connectivity index (χ2v) is 4.61. The molecule has 0 radical (unpaired) electrons. The molecule has 0 unspecified atom stereocenters. The molecule has 92 valence electrons. The third kappa shape index (κ3) is 2.61. The van der Waals surface area contributed by atoms with E-state index in [-0.39, 0.29) is 0 Å². The zero-order valence-corrected chi connectivity index (χ0v) is 10.7. The number of rotatable bonds is 4. The van der Waals surface area contributed by atoms with E-state index < -0.39 is 0 Å². The molecule has 0 spiro atoms. The SMILES string of the molecule is C=C(CNC)CN1CCN(C)c2ccccc21. The van der Waals surface area contributed by atoms with E-state index in [9.17, 15) is 0 Å². The van der Waals surface area contributed by atoms with Crippen molar-refractivity contribution >= 4 is 11.4 Å². The number of nitrogens with one attached hydrogen (secondary N) is 1. The summed E-state index contributed by atoms with van der Waals surface area (Å²) in [7, 11) is 4.11. The first-order valence-electron chi connectivity index (χ1n) is 6.08. The average Bonchev–Trinajstić information content (AvgIpc) is 2.34. The van der Waals surface area contributed by atoms with Gasteiger partial charge in [-0.15, -0.1) is 0 Å². The molecule has 0 aromatic heterocycles. The van der Waals surface area contributed by atoms with E-state index in [1.807, 2.05) is 7.05 Å². The number of hydrogen-bond donors (Lipinski definition) is 1. The van der Waals surface area contributed by atoms with Gasteiger partial charge < -0.3 is 15.1 Å². The molecule has 1 aromatic rings. The Hall–Kier alpha value is -1.48. The normalized spacial score (nSPS) is 14.7. The second kappa shape index (κ2) is 5.23. The molecule has 0 amide bonds. The second-order valence-electron chi connectivity index (χ2n) is 4.61. The van der Waals surface area contributed by atoms with E-state index in [1.165, 1.54) is 16.9 Å². The fraction of sp³-hybridized carbons (Fsp3) is 0.429. The van der Waals surface area contributed by atoms with Crippen LogP contribution in [0.2, 0.25) is 0 Å². The summed E-state index contributed by atoms with van der Waals surface area (Å²) in [5.41, 5.74) is 3.86. The summed E-state index contributed by atoms with van der Waals surface area (Å²) >= 11 is 0. The Morgan fingerprint density at radius 2 is 2.00 bits per heavy atom. The Morgan fingerprint density at radius 3 is 2.71 bits per heavy atom. The molecule has 3 heteroatoms. The van der Waals surface area contributed by atoms with Gasteiger partial charge in [-0.2, -0.15) is 0 Å². The molecule has 0 atom stereocenters. The minimum absolute atomic E-state index is 0.883. The number of para-hydroxylation sites is 2. The lowest BCUT2D eigenvalue weighted by Crippen LogP contribution is -2.40. The fourth-order valence-electron chi connectivity index (χ4n) is 2.31. The number of anilines is 2. The Morgan fingerprint density at radius 1 is 1.29 bits per heavy atom. The molecule has 1 heterocycles. The van der Waals surface area contributed by atoms with Crippen LogP contribution in [0.25, 0.3) is 0 Å². The van der Waals surface area contributed by atoms with Gasteiger partial charge in [-0.3, -0.25) is 0 Å². The highest BCUT2D eigenvalue weighted by molar-refractivity contribution is 5.73. The first-order valence-corrected chi connectivity index (χ1v) is 6.08. The van der Waals surface area contributed by atoms with E-state index in [0.717, 1.165) is 26.2 Å². The maximum absolute atomic E-state index is 4.11. The smallest absolute Gasteiger partial charge is 0.0607 e. The predicted octanol–water partition coefficient (Wildman–Crippen LogP) is 1.72. The molecular formula is C14H21N3. The summed E-state index contributed by atoms with van der Waals surface area (Å²) in [6, 6.07) is 8.58. The topological polar surface area (TPSA) is 18.5 Å². The molecule has 0 saturated carbocycles. The first-order chi connectivity index (χ1) is 8.22. The lowest BCUT2D eigenvalue weighted by Gasteiger charge is -2.37. The van der Waals surface area contributed by atoms with Crippen LogP contribution in [0, 0.1) is 0 Å². The molecule has 0 bridgehead atoms. The van der Waals surface area contributed by atoms with Crippen LogP contribution < -0.4 is 15.1 Å². The van der Waals surface area contributed by atoms with Gasteiger partial charge in [-0.25, -0.2) is 0 Å². The summed E-state index contributed by atoms with van der Waals surface area (Å²) in [5, 5.41) is 3.15. The average molecular weight is 231 g/mol. The van der Waals surface area contributed by atoms with Gasteiger partial charge in [0.15, 0.2) is 0 Å². The van der Waals surface area contributed by atoms with Gasteiger partial charge in [0.05, 0.1) is 11.4 Å². The molecule has 1 aliphatic rings. The Balaban J connectivity index is 2.16. The van der Waals surface area contributed by atoms with Gasteiger partial charge in [0, 0.05) is 33.2 Å². The van der Waals surface area contributed by atoms with Crippen LogP contribution in [0.1, 0.15) is 0 Å². The van der Waals surface area contributed by atoms with Gasteiger partial charge in [-0.1, -0.05) is 18.7 Å². The van der Waals surface area contributed by atoms with E-state index in [0.29, 0.717) is 0 Å². The van der Waals surface area contributed by atoms with Crippen LogP contribution in [-0.2, 0) is 0 Å².